The Kier molecular flexibility index (Phi) is 6.46. The lowest BCUT2D eigenvalue weighted by Crippen LogP contribution is -2.46. The average Bonchev–Trinajstić information content (AvgIpc) is 2.83. The number of hydrogen-bond donors (Lipinski definition) is 1. The van der Waals surface area contributed by atoms with Gasteiger partial charge in [-0.3, -0.25) is 4.90 Å². The standard InChI is InChI=1S/C16H29N3S/c1-13(2)10-17-11-15-6-4-5-8-19(15)9-7-16-14(3)18-12-20-16/h12-13,15,17H,4-11H2,1-3H3. The molecule has 1 aliphatic heterocycles. The molecule has 2 heterocycles. The van der Waals surface area contributed by atoms with Crippen LogP contribution in [0, 0.1) is 12.8 Å². The molecule has 1 aliphatic rings. The molecule has 2 rings (SSSR count). The van der Waals surface area contributed by atoms with Crippen molar-refractivity contribution in [3.05, 3.63) is 16.1 Å². The van der Waals surface area contributed by atoms with Crippen LogP contribution in [0.15, 0.2) is 5.51 Å². The molecule has 0 saturated carbocycles. The van der Waals surface area contributed by atoms with E-state index in [1.807, 2.05) is 16.8 Å². The van der Waals surface area contributed by atoms with Crippen LogP contribution in [0.1, 0.15) is 43.7 Å². The lowest BCUT2D eigenvalue weighted by molar-refractivity contribution is 0.146. The van der Waals surface area contributed by atoms with E-state index < -0.39 is 0 Å². The van der Waals surface area contributed by atoms with E-state index in [-0.39, 0.29) is 0 Å². The first-order valence-corrected chi connectivity index (χ1v) is 8.88. The highest BCUT2D eigenvalue weighted by Gasteiger charge is 2.22. The summed E-state index contributed by atoms with van der Waals surface area (Å²) < 4.78 is 0. The van der Waals surface area contributed by atoms with Crippen LogP contribution in [0.2, 0.25) is 0 Å². The van der Waals surface area contributed by atoms with Gasteiger partial charge in [-0.15, -0.1) is 11.3 Å². The van der Waals surface area contributed by atoms with Gasteiger partial charge in [0, 0.05) is 24.0 Å². The topological polar surface area (TPSA) is 28.2 Å². The minimum absolute atomic E-state index is 0.732. The third-order valence-corrected chi connectivity index (χ3v) is 5.15. The number of likely N-dealkylation sites (tertiary alicyclic amines) is 1. The number of hydrogen-bond acceptors (Lipinski definition) is 4. The van der Waals surface area contributed by atoms with Crippen LogP contribution in [-0.4, -0.2) is 42.1 Å². The van der Waals surface area contributed by atoms with Gasteiger partial charge in [-0.1, -0.05) is 20.3 Å². The molecule has 3 nitrogen and oxygen atoms in total. The predicted octanol–water partition coefficient (Wildman–Crippen LogP) is 3.09. The molecule has 1 saturated heterocycles. The maximum absolute atomic E-state index is 4.36. The summed E-state index contributed by atoms with van der Waals surface area (Å²) in [4.78, 5) is 8.51. The van der Waals surface area contributed by atoms with Gasteiger partial charge in [-0.05, 0) is 45.2 Å². The average molecular weight is 295 g/mol. The van der Waals surface area contributed by atoms with Crippen molar-refractivity contribution in [2.24, 2.45) is 5.92 Å². The van der Waals surface area contributed by atoms with Gasteiger partial charge in [0.15, 0.2) is 0 Å². The second-order valence-corrected chi connectivity index (χ2v) is 7.29. The SMILES string of the molecule is Cc1ncsc1CCN1CCCCC1CNCC(C)C. The number of nitrogens with one attached hydrogen (secondary N) is 1. The quantitative estimate of drug-likeness (QED) is 0.838. The number of piperidine rings is 1. The molecule has 0 spiro atoms. The Labute approximate surface area is 127 Å². The fourth-order valence-electron chi connectivity index (χ4n) is 2.94. The third kappa shape index (κ3) is 4.83. The zero-order chi connectivity index (χ0) is 14.4. The van der Waals surface area contributed by atoms with E-state index in [0.29, 0.717) is 0 Å². The monoisotopic (exact) mass is 295 g/mol. The first-order chi connectivity index (χ1) is 9.66. The molecule has 1 N–H and O–H groups in total. The number of aryl methyl sites for hydroxylation is 1. The lowest BCUT2D eigenvalue weighted by atomic mass is 10.0. The van der Waals surface area contributed by atoms with Crippen molar-refractivity contribution >= 4 is 11.3 Å². The van der Waals surface area contributed by atoms with Crippen LogP contribution in [0.5, 0.6) is 0 Å². The van der Waals surface area contributed by atoms with Gasteiger partial charge in [-0.2, -0.15) is 0 Å². The minimum atomic E-state index is 0.732. The smallest absolute Gasteiger partial charge is 0.0797 e. The Morgan fingerprint density at radius 1 is 1.45 bits per heavy atom. The van der Waals surface area contributed by atoms with Gasteiger partial charge in [-0.25, -0.2) is 4.98 Å². The van der Waals surface area contributed by atoms with Crippen molar-refractivity contribution < 1.29 is 0 Å². The van der Waals surface area contributed by atoms with Crippen molar-refractivity contribution in [3.63, 3.8) is 0 Å². The van der Waals surface area contributed by atoms with Crippen molar-refractivity contribution in [2.45, 2.75) is 52.5 Å². The normalized spacial score (nSPS) is 20.7. The third-order valence-electron chi connectivity index (χ3n) is 4.15. The van der Waals surface area contributed by atoms with Crippen LogP contribution in [-0.2, 0) is 6.42 Å². The van der Waals surface area contributed by atoms with Gasteiger partial charge in [0.2, 0.25) is 0 Å². The van der Waals surface area contributed by atoms with Gasteiger partial charge in [0.05, 0.1) is 11.2 Å². The molecule has 0 aliphatic carbocycles. The Bertz CT molecular complexity index is 389. The molecule has 20 heavy (non-hydrogen) atoms. The van der Waals surface area contributed by atoms with E-state index in [9.17, 15) is 0 Å². The molecule has 0 radical (unpaired) electrons. The Hall–Kier alpha value is -0.450. The summed E-state index contributed by atoms with van der Waals surface area (Å²) in [6, 6.07) is 0.732. The van der Waals surface area contributed by atoms with E-state index in [4.69, 9.17) is 0 Å². The zero-order valence-electron chi connectivity index (χ0n) is 13.2. The van der Waals surface area contributed by atoms with Gasteiger partial charge >= 0.3 is 0 Å². The van der Waals surface area contributed by atoms with Crippen LogP contribution in [0.25, 0.3) is 0 Å². The molecular weight excluding hydrogens is 266 g/mol. The fraction of sp³-hybridized carbons (Fsp3) is 0.812. The summed E-state index contributed by atoms with van der Waals surface area (Å²) in [5, 5.41) is 3.64. The summed E-state index contributed by atoms with van der Waals surface area (Å²) in [6.45, 7) is 11.4. The summed E-state index contributed by atoms with van der Waals surface area (Å²) >= 11 is 1.81. The van der Waals surface area contributed by atoms with E-state index in [0.717, 1.165) is 31.5 Å². The lowest BCUT2D eigenvalue weighted by Gasteiger charge is -2.36. The second-order valence-electron chi connectivity index (χ2n) is 6.35. The summed E-state index contributed by atoms with van der Waals surface area (Å²) in [5.74, 6) is 0.742. The Morgan fingerprint density at radius 2 is 2.30 bits per heavy atom. The fourth-order valence-corrected chi connectivity index (χ4v) is 3.71. The van der Waals surface area contributed by atoms with Crippen molar-refractivity contribution in [1.29, 1.82) is 0 Å². The van der Waals surface area contributed by atoms with Crippen molar-refractivity contribution in [2.75, 3.05) is 26.2 Å². The van der Waals surface area contributed by atoms with E-state index >= 15 is 0 Å². The number of rotatable bonds is 7. The second kappa shape index (κ2) is 8.11. The summed E-state index contributed by atoms with van der Waals surface area (Å²) in [6.07, 6.45) is 5.27. The highest BCUT2D eigenvalue weighted by atomic mass is 32.1. The van der Waals surface area contributed by atoms with E-state index in [1.54, 1.807) is 0 Å². The Morgan fingerprint density at radius 3 is 3.00 bits per heavy atom. The van der Waals surface area contributed by atoms with E-state index in [1.165, 1.54) is 42.9 Å². The molecule has 1 fully saturated rings. The molecule has 0 bridgehead atoms. The number of thiazole rings is 1. The predicted molar refractivity (Wildman–Crippen MR) is 87.5 cm³/mol. The van der Waals surface area contributed by atoms with Gasteiger partial charge in [0.1, 0.15) is 0 Å². The first-order valence-electron chi connectivity index (χ1n) is 8.00. The highest BCUT2D eigenvalue weighted by Crippen LogP contribution is 2.19. The van der Waals surface area contributed by atoms with Crippen LogP contribution in [0.4, 0.5) is 0 Å². The number of nitrogens with zero attached hydrogens (tertiary/aromatic N) is 2. The zero-order valence-corrected chi connectivity index (χ0v) is 14.0. The van der Waals surface area contributed by atoms with Gasteiger partial charge in [0.25, 0.3) is 0 Å². The summed E-state index contributed by atoms with van der Waals surface area (Å²) in [5.41, 5.74) is 3.20. The first kappa shape index (κ1) is 15.9. The van der Waals surface area contributed by atoms with Crippen LogP contribution < -0.4 is 5.32 Å². The van der Waals surface area contributed by atoms with Gasteiger partial charge < -0.3 is 5.32 Å². The molecule has 114 valence electrons. The maximum atomic E-state index is 4.36. The molecule has 1 atom stereocenters. The molecule has 0 aromatic carbocycles. The van der Waals surface area contributed by atoms with Crippen LogP contribution >= 0.6 is 11.3 Å². The largest absolute Gasteiger partial charge is 0.315 e. The molecule has 0 amide bonds. The minimum Gasteiger partial charge on any atom is -0.315 e. The summed E-state index contributed by atoms with van der Waals surface area (Å²) in [7, 11) is 0. The Balaban J connectivity index is 1.79. The molecule has 1 unspecified atom stereocenters. The number of aromatic nitrogens is 1. The van der Waals surface area contributed by atoms with Crippen molar-refractivity contribution in [1.82, 2.24) is 15.2 Å². The maximum Gasteiger partial charge on any atom is 0.0797 e. The molecule has 1 aromatic rings. The highest BCUT2D eigenvalue weighted by molar-refractivity contribution is 7.09. The molecular formula is C16H29N3S. The van der Waals surface area contributed by atoms with E-state index in [2.05, 4.69) is 36.0 Å². The molecule has 1 aromatic heterocycles. The van der Waals surface area contributed by atoms with Crippen LogP contribution in [0.3, 0.4) is 0 Å². The molecule has 4 heteroatoms. The van der Waals surface area contributed by atoms with Crippen molar-refractivity contribution in [3.8, 4) is 0 Å².